The Morgan fingerprint density at radius 3 is 2.79 bits per heavy atom. The molecule has 1 aliphatic carbocycles. The standard InChI is InChI=1S/C30H32FN7O/c1-4-22(13-25-18-36-38-27(25)33)24-7-5-20(6-8-24)16-34-28-30(3,14-21(15-32)17-35-28)29(39)37-19(2)23-9-11-26(31)12-10-23/h4-5,7-14,17-20,28,34H,1,6,16H2,2-3H3,(H,37,39)(H3,33,36,38)/b22-13+/t19?,20-,28?,30-/m0/s1. The van der Waals surface area contributed by atoms with Crippen LogP contribution in [-0.2, 0) is 4.79 Å². The summed E-state index contributed by atoms with van der Waals surface area (Å²) in [5, 5.41) is 22.6. The number of hydrogen-bond acceptors (Lipinski definition) is 6. The van der Waals surface area contributed by atoms with Crippen molar-refractivity contribution in [3.63, 3.8) is 0 Å². The highest BCUT2D eigenvalue weighted by Gasteiger charge is 2.42. The molecule has 2 heterocycles. The van der Waals surface area contributed by atoms with Crippen LogP contribution in [-0.4, -0.2) is 35.0 Å². The number of nitrogens with one attached hydrogen (secondary N) is 3. The van der Waals surface area contributed by atoms with Crippen molar-refractivity contribution in [1.82, 2.24) is 20.8 Å². The maximum absolute atomic E-state index is 13.5. The second-order valence-electron chi connectivity index (χ2n) is 9.89. The number of carbonyl (C=O) groups excluding carboxylic acids is 1. The highest BCUT2D eigenvalue weighted by Crippen LogP contribution is 2.31. The topological polar surface area (TPSA) is 132 Å². The summed E-state index contributed by atoms with van der Waals surface area (Å²) in [7, 11) is 0. The molecular formula is C30H32FN7O. The molecule has 2 aliphatic rings. The van der Waals surface area contributed by atoms with Gasteiger partial charge in [-0.25, -0.2) is 4.39 Å². The molecule has 1 aromatic carbocycles. The van der Waals surface area contributed by atoms with Gasteiger partial charge in [-0.1, -0.05) is 43.0 Å². The van der Waals surface area contributed by atoms with E-state index in [9.17, 15) is 14.4 Å². The van der Waals surface area contributed by atoms with Crippen LogP contribution in [0.4, 0.5) is 10.2 Å². The maximum Gasteiger partial charge on any atom is 0.233 e. The zero-order valence-electron chi connectivity index (χ0n) is 22.0. The first-order valence-electron chi connectivity index (χ1n) is 12.7. The molecule has 2 aromatic rings. The second kappa shape index (κ2) is 11.9. The van der Waals surface area contributed by atoms with Gasteiger partial charge in [0.1, 0.15) is 29.3 Å². The Morgan fingerprint density at radius 1 is 1.41 bits per heavy atom. The molecule has 0 saturated carbocycles. The molecule has 9 heteroatoms. The Labute approximate surface area is 227 Å². The van der Waals surface area contributed by atoms with Crippen LogP contribution >= 0.6 is 0 Å². The molecule has 0 saturated heterocycles. The molecule has 8 nitrogen and oxygen atoms in total. The van der Waals surface area contributed by atoms with E-state index in [1.807, 2.05) is 19.1 Å². The highest BCUT2D eigenvalue weighted by atomic mass is 19.1. The molecule has 200 valence electrons. The molecule has 2 unspecified atom stereocenters. The fourth-order valence-electron chi connectivity index (χ4n) is 4.59. The SMILES string of the molecule is C=C/C(=C\c1cn[nH]c1N)C1=CC[C@@H](CNC2N=CC(C#N)=C[C@]2(C)C(=O)NC(C)c2ccc(F)cc2)C=C1. The van der Waals surface area contributed by atoms with Crippen LogP contribution in [0, 0.1) is 28.5 Å². The van der Waals surface area contributed by atoms with E-state index in [0.29, 0.717) is 17.9 Å². The van der Waals surface area contributed by atoms with E-state index in [0.717, 1.165) is 28.7 Å². The van der Waals surface area contributed by atoms with E-state index in [-0.39, 0.29) is 23.7 Å². The lowest BCUT2D eigenvalue weighted by atomic mass is 9.81. The largest absolute Gasteiger partial charge is 0.384 e. The van der Waals surface area contributed by atoms with Gasteiger partial charge in [0, 0.05) is 18.3 Å². The molecule has 4 rings (SSSR count). The Hall–Kier alpha value is -4.55. The average molecular weight is 526 g/mol. The Bertz CT molecular complexity index is 1420. The summed E-state index contributed by atoms with van der Waals surface area (Å²) in [4.78, 5) is 18.0. The number of aromatic nitrogens is 2. The van der Waals surface area contributed by atoms with Gasteiger partial charge < -0.3 is 11.1 Å². The number of dihydropyridines is 1. The number of carbonyl (C=O) groups is 1. The number of hydrogen-bond donors (Lipinski definition) is 4. The van der Waals surface area contributed by atoms with Gasteiger partial charge in [0.05, 0.1) is 17.8 Å². The predicted octanol–water partition coefficient (Wildman–Crippen LogP) is 4.54. The number of amides is 1. The van der Waals surface area contributed by atoms with Crippen LogP contribution in [0.2, 0.25) is 0 Å². The minimum absolute atomic E-state index is 0.181. The molecule has 1 aromatic heterocycles. The molecular weight excluding hydrogens is 493 g/mol. The van der Waals surface area contributed by atoms with Crippen molar-refractivity contribution in [1.29, 1.82) is 5.26 Å². The van der Waals surface area contributed by atoms with Gasteiger partial charge in [-0.2, -0.15) is 10.4 Å². The number of nitriles is 1. The number of H-pyrrole nitrogens is 1. The van der Waals surface area contributed by atoms with E-state index in [1.54, 1.807) is 37.4 Å². The van der Waals surface area contributed by atoms with Gasteiger partial charge in [0.2, 0.25) is 5.91 Å². The maximum atomic E-state index is 13.5. The summed E-state index contributed by atoms with van der Waals surface area (Å²) in [6.07, 6.45) is 15.1. The summed E-state index contributed by atoms with van der Waals surface area (Å²) in [6, 6.07) is 7.74. The van der Waals surface area contributed by atoms with Crippen LogP contribution in [0.5, 0.6) is 0 Å². The number of nitrogens with two attached hydrogens (primary N) is 1. The number of anilines is 1. The van der Waals surface area contributed by atoms with Gasteiger partial charge in [0.15, 0.2) is 0 Å². The molecule has 0 spiro atoms. The lowest BCUT2D eigenvalue weighted by molar-refractivity contribution is -0.129. The van der Waals surface area contributed by atoms with Gasteiger partial charge in [0.25, 0.3) is 0 Å². The molecule has 39 heavy (non-hydrogen) atoms. The number of aromatic amines is 1. The minimum atomic E-state index is -1.10. The van der Waals surface area contributed by atoms with Crippen LogP contribution in [0.25, 0.3) is 6.08 Å². The smallest absolute Gasteiger partial charge is 0.233 e. The third kappa shape index (κ3) is 6.30. The first kappa shape index (κ1) is 27.5. The Morgan fingerprint density at radius 2 is 2.18 bits per heavy atom. The van der Waals surface area contributed by atoms with Gasteiger partial charge in [-0.15, -0.1) is 0 Å². The van der Waals surface area contributed by atoms with Crippen LogP contribution in [0.15, 0.2) is 89.1 Å². The fourth-order valence-corrected chi connectivity index (χ4v) is 4.59. The zero-order chi connectivity index (χ0) is 28.0. The summed E-state index contributed by atoms with van der Waals surface area (Å²) in [5.74, 6) is 0.0651. The molecule has 0 radical (unpaired) electrons. The van der Waals surface area contributed by atoms with E-state index in [4.69, 9.17) is 5.73 Å². The zero-order valence-corrected chi connectivity index (χ0v) is 22.0. The number of allylic oxidation sites excluding steroid dienone is 6. The van der Waals surface area contributed by atoms with Crippen molar-refractivity contribution < 1.29 is 9.18 Å². The summed E-state index contributed by atoms with van der Waals surface area (Å²) in [6.45, 7) is 8.11. The fraction of sp³-hybridized carbons (Fsp3) is 0.267. The van der Waals surface area contributed by atoms with Crippen molar-refractivity contribution in [2.45, 2.75) is 32.5 Å². The Kier molecular flexibility index (Phi) is 8.37. The van der Waals surface area contributed by atoms with Gasteiger partial charge in [-0.3, -0.25) is 20.2 Å². The van der Waals surface area contributed by atoms with E-state index >= 15 is 0 Å². The lowest BCUT2D eigenvalue weighted by Crippen LogP contribution is -2.53. The number of rotatable bonds is 9. The summed E-state index contributed by atoms with van der Waals surface area (Å²) in [5.41, 5.74) is 8.69. The van der Waals surface area contributed by atoms with Crippen molar-refractivity contribution in [3.05, 3.63) is 101 Å². The highest BCUT2D eigenvalue weighted by molar-refractivity contribution is 5.92. The van der Waals surface area contributed by atoms with Crippen LogP contribution in [0.3, 0.4) is 0 Å². The summed E-state index contributed by atoms with van der Waals surface area (Å²) < 4.78 is 13.3. The van der Waals surface area contributed by atoms with Crippen molar-refractivity contribution in [2.75, 3.05) is 12.3 Å². The summed E-state index contributed by atoms with van der Waals surface area (Å²) >= 11 is 0. The molecule has 1 amide bonds. The van der Waals surface area contributed by atoms with E-state index < -0.39 is 11.6 Å². The van der Waals surface area contributed by atoms with Gasteiger partial charge >= 0.3 is 0 Å². The first-order valence-corrected chi connectivity index (χ1v) is 12.7. The van der Waals surface area contributed by atoms with Crippen molar-refractivity contribution in [2.24, 2.45) is 16.3 Å². The third-order valence-electron chi connectivity index (χ3n) is 7.05. The van der Waals surface area contributed by atoms with Crippen molar-refractivity contribution in [3.8, 4) is 6.07 Å². The van der Waals surface area contributed by atoms with Crippen LogP contribution in [0.1, 0.15) is 37.4 Å². The Balaban J connectivity index is 1.42. The molecule has 0 fully saturated rings. The molecule has 4 atom stereocenters. The molecule has 0 bridgehead atoms. The minimum Gasteiger partial charge on any atom is -0.384 e. The first-order chi connectivity index (χ1) is 18.7. The van der Waals surface area contributed by atoms with Gasteiger partial charge in [-0.05, 0) is 67.2 Å². The number of benzene rings is 1. The number of nitrogens with zero attached hydrogens (tertiary/aromatic N) is 3. The average Bonchev–Trinajstić information content (AvgIpc) is 3.35. The second-order valence-corrected chi connectivity index (χ2v) is 9.89. The number of aliphatic imine (C=N–C) groups is 1. The van der Waals surface area contributed by atoms with Crippen LogP contribution < -0.4 is 16.4 Å². The normalized spacial score (nSPS) is 23.4. The number of nitrogen functional groups attached to an aromatic ring is 1. The molecule has 5 N–H and O–H groups in total. The quantitative estimate of drug-likeness (QED) is 0.357. The number of halogens is 1. The third-order valence-corrected chi connectivity index (χ3v) is 7.05. The monoisotopic (exact) mass is 525 g/mol. The van der Waals surface area contributed by atoms with E-state index in [1.165, 1.54) is 18.3 Å². The predicted molar refractivity (Wildman–Crippen MR) is 152 cm³/mol. The van der Waals surface area contributed by atoms with Crippen molar-refractivity contribution >= 4 is 24.0 Å². The van der Waals surface area contributed by atoms with E-state index in [2.05, 4.69) is 50.6 Å². The lowest BCUT2D eigenvalue weighted by Gasteiger charge is -2.36. The molecule has 1 aliphatic heterocycles.